The van der Waals surface area contributed by atoms with Crippen molar-refractivity contribution < 1.29 is 4.74 Å². The van der Waals surface area contributed by atoms with Gasteiger partial charge in [-0.25, -0.2) is 0 Å². The molecule has 0 fully saturated rings. The van der Waals surface area contributed by atoms with Gasteiger partial charge in [0.05, 0.1) is 16.9 Å². The van der Waals surface area contributed by atoms with E-state index < -0.39 is 0 Å². The van der Waals surface area contributed by atoms with Crippen LogP contribution in [-0.4, -0.2) is 7.11 Å². The van der Waals surface area contributed by atoms with Gasteiger partial charge in [-0.05, 0) is 46.3 Å². The average molecular weight is 362 g/mol. The SMILES string of the molecule is COc1ccc(Cl)cc1C(Cc1ccc(Br)s1)NN. The van der Waals surface area contributed by atoms with E-state index in [-0.39, 0.29) is 6.04 Å². The van der Waals surface area contributed by atoms with E-state index in [1.54, 1.807) is 24.5 Å². The van der Waals surface area contributed by atoms with Gasteiger partial charge in [0.15, 0.2) is 0 Å². The highest BCUT2D eigenvalue weighted by Crippen LogP contribution is 2.32. The molecule has 0 saturated carbocycles. The number of ether oxygens (including phenoxy) is 1. The third kappa shape index (κ3) is 3.70. The van der Waals surface area contributed by atoms with Gasteiger partial charge in [0, 0.05) is 21.9 Å². The summed E-state index contributed by atoms with van der Waals surface area (Å²) in [6.07, 6.45) is 0.781. The van der Waals surface area contributed by atoms with Crippen molar-refractivity contribution in [2.45, 2.75) is 12.5 Å². The third-order valence-electron chi connectivity index (χ3n) is 2.80. The maximum atomic E-state index is 6.05. The van der Waals surface area contributed by atoms with E-state index in [1.165, 1.54) is 4.88 Å². The first kappa shape index (κ1) is 14.8. The monoisotopic (exact) mass is 360 g/mol. The molecule has 2 rings (SSSR count). The first-order chi connectivity index (χ1) is 9.13. The molecule has 0 radical (unpaired) electrons. The molecule has 0 bridgehead atoms. The average Bonchev–Trinajstić information content (AvgIpc) is 2.81. The Labute approximate surface area is 129 Å². The quantitative estimate of drug-likeness (QED) is 0.627. The molecule has 6 heteroatoms. The van der Waals surface area contributed by atoms with Crippen LogP contribution in [0.2, 0.25) is 5.02 Å². The summed E-state index contributed by atoms with van der Waals surface area (Å²) in [6, 6.07) is 9.61. The number of hydrazine groups is 1. The van der Waals surface area contributed by atoms with Crippen LogP contribution in [-0.2, 0) is 6.42 Å². The standard InChI is InChI=1S/C13H14BrClN2OS/c1-18-12-4-2-8(15)6-10(12)11(17-16)7-9-3-5-13(14)19-9/h2-6,11,17H,7,16H2,1H3. The number of nitrogens with two attached hydrogens (primary N) is 1. The predicted molar refractivity (Wildman–Crippen MR) is 83.8 cm³/mol. The summed E-state index contributed by atoms with van der Waals surface area (Å²) in [6.45, 7) is 0. The van der Waals surface area contributed by atoms with Gasteiger partial charge in [-0.3, -0.25) is 11.3 Å². The van der Waals surface area contributed by atoms with E-state index in [2.05, 4.69) is 27.4 Å². The minimum Gasteiger partial charge on any atom is -0.496 e. The van der Waals surface area contributed by atoms with Crippen LogP contribution in [0.25, 0.3) is 0 Å². The molecule has 3 N–H and O–H groups in total. The van der Waals surface area contributed by atoms with Crippen molar-refractivity contribution in [3.8, 4) is 5.75 Å². The first-order valence-corrected chi connectivity index (χ1v) is 7.66. The summed E-state index contributed by atoms with van der Waals surface area (Å²) in [5, 5.41) is 0.670. The van der Waals surface area contributed by atoms with E-state index in [1.807, 2.05) is 18.2 Å². The van der Waals surface area contributed by atoms with E-state index >= 15 is 0 Å². The van der Waals surface area contributed by atoms with Crippen molar-refractivity contribution in [1.29, 1.82) is 0 Å². The Kier molecular flexibility index (Phi) is 5.24. The molecular formula is C13H14BrClN2OS. The van der Waals surface area contributed by atoms with Crippen molar-refractivity contribution >= 4 is 38.9 Å². The lowest BCUT2D eigenvalue weighted by molar-refractivity contribution is 0.399. The Balaban J connectivity index is 2.28. The fraction of sp³-hybridized carbons (Fsp3) is 0.231. The zero-order chi connectivity index (χ0) is 13.8. The van der Waals surface area contributed by atoms with E-state index in [0.29, 0.717) is 5.02 Å². The Morgan fingerprint density at radius 2 is 2.21 bits per heavy atom. The Bertz CT molecular complexity index is 561. The molecule has 0 aliphatic rings. The zero-order valence-corrected chi connectivity index (χ0v) is 13.5. The van der Waals surface area contributed by atoms with Crippen LogP contribution >= 0.6 is 38.9 Å². The van der Waals surface area contributed by atoms with Crippen molar-refractivity contribution in [2.24, 2.45) is 5.84 Å². The van der Waals surface area contributed by atoms with Gasteiger partial charge in [-0.1, -0.05) is 11.6 Å². The first-order valence-electron chi connectivity index (χ1n) is 5.68. The third-order valence-corrected chi connectivity index (χ3v) is 4.68. The topological polar surface area (TPSA) is 47.3 Å². The summed E-state index contributed by atoms with van der Waals surface area (Å²) < 4.78 is 6.47. The number of nitrogens with one attached hydrogen (secondary N) is 1. The van der Waals surface area contributed by atoms with Crippen LogP contribution in [0, 0.1) is 0 Å². The number of benzene rings is 1. The molecular weight excluding hydrogens is 348 g/mol. The van der Waals surface area contributed by atoms with Gasteiger partial charge in [-0.2, -0.15) is 0 Å². The molecule has 0 saturated heterocycles. The summed E-state index contributed by atoms with van der Waals surface area (Å²) in [5.74, 6) is 6.46. The smallest absolute Gasteiger partial charge is 0.123 e. The highest BCUT2D eigenvalue weighted by molar-refractivity contribution is 9.11. The fourth-order valence-corrected chi connectivity index (χ4v) is 3.61. The van der Waals surface area contributed by atoms with Crippen LogP contribution in [0.4, 0.5) is 0 Å². The van der Waals surface area contributed by atoms with E-state index in [4.69, 9.17) is 22.2 Å². The molecule has 3 nitrogen and oxygen atoms in total. The largest absolute Gasteiger partial charge is 0.496 e. The van der Waals surface area contributed by atoms with Crippen LogP contribution in [0.3, 0.4) is 0 Å². The maximum absolute atomic E-state index is 6.05. The van der Waals surface area contributed by atoms with Gasteiger partial charge >= 0.3 is 0 Å². The van der Waals surface area contributed by atoms with Crippen molar-refractivity contribution in [3.05, 3.63) is 49.6 Å². The molecule has 1 atom stereocenters. The maximum Gasteiger partial charge on any atom is 0.123 e. The lowest BCUT2D eigenvalue weighted by atomic mass is 10.0. The van der Waals surface area contributed by atoms with Crippen molar-refractivity contribution in [2.75, 3.05) is 7.11 Å². The van der Waals surface area contributed by atoms with Crippen LogP contribution in [0.5, 0.6) is 5.75 Å². The molecule has 1 aromatic carbocycles. The lowest BCUT2D eigenvalue weighted by Gasteiger charge is -2.18. The van der Waals surface area contributed by atoms with Gasteiger partial charge in [-0.15, -0.1) is 11.3 Å². The minimum absolute atomic E-state index is 0.0424. The molecule has 0 spiro atoms. The highest BCUT2D eigenvalue weighted by atomic mass is 79.9. The number of hydrogen-bond donors (Lipinski definition) is 2. The number of thiophene rings is 1. The second-order valence-corrected chi connectivity index (χ2v) is 7.00. The van der Waals surface area contributed by atoms with Gasteiger partial charge < -0.3 is 4.74 Å². The molecule has 2 aromatic rings. The Morgan fingerprint density at radius 3 is 2.79 bits per heavy atom. The molecule has 1 unspecified atom stereocenters. The number of methoxy groups -OCH3 is 1. The van der Waals surface area contributed by atoms with Gasteiger partial charge in [0.25, 0.3) is 0 Å². The Morgan fingerprint density at radius 1 is 1.42 bits per heavy atom. The predicted octanol–water partition coefficient (Wildman–Crippen LogP) is 3.92. The number of rotatable bonds is 5. The van der Waals surface area contributed by atoms with Gasteiger partial charge in [0.2, 0.25) is 0 Å². The van der Waals surface area contributed by atoms with E-state index in [9.17, 15) is 0 Å². The highest BCUT2D eigenvalue weighted by Gasteiger charge is 2.17. The summed E-state index contributed by atoms with van der Waals surface area (Å²) in [5.41, 5.74) is 3.79. The molecule has 102 valence electrons. The number of hydrogen-bond acceptors (Lipinski definition) is 4. The van der Waals surface area contributed by atoms with Crippen LogP contribution in [0.1, 0.15) is 16.5 Å². The zero-order valence-electron chi connectivity index (χ0n) is 10.3. The molecule has 0 aliphatic carbocycles. The molecule has 1 aromatic heterocycles. The van der Waals surface area contributed by atoms with E-state index in [0.717, 1.165) is 21.5 Å². The summed E-state index contributed by atoms with van der Waals surface area (Å²) in [7, 11) is 1.64. The molecule has 0 aliphatic heterocycles. The lowest BCUT2D eigenvalue weighted by Crippen LogP contribution is -2.29. The number of halogens is 2. The second-order valence-electron chi connectivity index (χ2n) is 4.02. The fourth-order valence-electron chi connectivity index (χ4n) is 1.90. The molecule has 0 amide bonds. The summed E-state index contributed by atoms with van der Waals surface area (Å²) in [4.78, 5) is 1.23. The van der Waals surface area contributed by atoms with Crippen LogP contribution < -0.4 is 16.0 Å². The molecule has 1 heterocycles. The normalized spacial score (nSPS) is 12.4. The van der Waals surface area contributed by atoms with Gasteiger partial charge in [0.1, 0.15) is 5.75 Å². The summed E-state index contributed by atoms with van der Waals surface area (Å²) >= 11 is 11.2. The minimum atomic E-state index is -0.0424. The van der Waals surface area contributed by atoms with Crippen molar-refractivity contribution in [3.63, 3.8) is 0 Å². The van der Waals surface area contributed by atoms with Crippen LogP contribution in [0.15, 0.2) is 34.1 Å². The Hall–Kier alpha value is -0.590. The second kappa shape index (κ2) is 6.72. The molecule has 19 heavy (non-hydrogen) atoms. The van der Waals surface area contributed by atoms with Crippen molar-refractivity contribution in [1.82, 2.24) is 5.43 Å².